The van der Waals surface area contributed by atoms with Crippen LogP contribution in [0.4, 0.5) is 4.79 Å². The highest BCUT2D eigenvalue weighted by Gasteiger charge is 2.26. The number of fused-ring (bicyclic) bond motifs is 1. The third-order valence-corrected chi connectivity index (χ3v) is 6.04. The Kier molecular flexibility index (Phi) is 4.78. The summed E-state index contributed by atoms with van der Waals surface area (Å²) < 4.78 is 5.88. The first-order valence-corrected chi connectivity index (χ1v) is 10.2. The van der Waals surface area contributed by atoms with Gasteiger partial charge in [0, 0.05) is 24.2 Å². The molecule has 6 nitrogen and oxygen atoms in total. The van der Waals surface area contributed by atoms with E-state index in [1.54, 1.807) is 12.3 Å². The van der Waals surface area contributed by atoms with E-state index in [4.69, 9.17) is 4.42 Å². The number of hydrogen-bond donors (Lipinski definition) is 1. The molecule has 7 heteroatoms. The summed E-state index contributed by atoms with van der Waals surface area (Å²) in [7, 11) is 0. The minimum absolute atomic E-state index is 0.0653. The second-order valence-electron chi connectivity index (χ2n) is 7.67. The molecule has 1 aromatic carbocycles. The molecule has 148 valence electrons. The highest BCUT2D eigenvalue weighted by molar-refractivity contribution is 8.18. The number of nitrogens with one attached hydrogen (secondary N) is 1. The standard InChI is InChI=1S/C22H21N3O3S/c1-5-22(3,4)15-9-14(10-17-19(15)28-12(2)24-17)16-7-6-13(11-23-16)8-18-20(26)25-21(27)29-18/h6-11H,5H2,1-4H3,(H,25,26,27)/b18-8-. The molecule has 3 heterocycles. The van der Waals surface area contributed by atoms with Crippen LogP contribution < -0.4 is 5.32 Å². The molecule has 0 bridgehead atoms. The molecule has 0 saturated carbocycles. The van der Waals surface area contributed by atoms with Gasteiger partial charge in [0.2, 0.25) is 0 Å². The van der Waals surface area contributed by atoms with E-state index < -0.39 is 0 Å². The Morgan fingerprint density at radius 3 is 2.66 bits per heavy atom. The molecule has 1 aliphatic rings. The molecular weight excluding hydrogens is 386 g/mol. The van der Waals surface area contributed by atoms with Crippen molar-refractivity contribution in [2.75, 3.05) is 0 Å². The average molecular weight is 407 g/mol. The van der Waals surface area contributed by atoms with Crippen LogP contribution in [0, 0.1) is 6.92 Å². The fourth-order valence-corrected chi connectivity index (χ4v) is 3.90. The molecule has 0 unspecified atom stereocenters. The fraction of sp³-hybridized carbons (Fsp3) is 0.273. The van der Waals surface area contributed by atoms with Gasteiger partial charge in [-0.05, 0) is 53.4 Å². The first-order chi connectivity index (χ1) is 13.8. The average Bonchev–Trinajstić information content (AvgIpc) is 3.21. The maximum absolute atomic E-state index is 11.7. The van der Waals surface area contributed by atoms with Crippen molar-refractivity contribution < 1.29 is 14.0 Å². The van der Waals surface area contributed by atoms with Crippen LogP contribution in [-0.2, 0) is 10.2 Å². The van der Waals surface area contributed by atoms with E-state index in [9.17, 15) is 9.59 Å². The highest BCUT2D eigenvalue weighted by Crippen LogP contribution is 2.36. The lowest BCUT2D eigenvalue weighted by Crippen LogP contribution is -2.17. The van der Waals surface area contributed by atoms with Gasteiger partial charge in [-0.1, -0.05) is 26.8 Å². The molecule has 0 radical (unpaired) electrons. The van der Waals surface area contributed by atoms with Crippen molar-refractivity contribution in [1.29, 1.82) is 0 Å². The van der Waals surface area contributed by atoms with Crippen LogP contribution in [0.25, 0.3) is 28.4 Å². The van der Waals surface area contributed by atoms with Gasteiger partial charge in [0.15, 0.2) is 11.5 Å². The molecule has 1 fully saturated rings. The largest absolute Gasteiger partial charge is 0.441 e. The molecule has 29 heavy (non-hydrogen) atoms. The van der Waals surface area contributed by atoms with Crippen LogP contribution in [0.3, 0.4) is 0 Å². The van der Waals surface area contributed by atoms with E-state index in [0.29, 0.717) is 10.8 Å². The zero-order chi connectivity index (χ0) is 20.8. The van der Waals surface area contributed by atoms with Crippen molar-refractivity contribution >= 4 is 40.1 Å². The number of thioether (sulfide) groups is 1. The van der Waals surface area contributed by atoms with E-state index in [0.717, 1.165) is 51.7 Å². The summed E-state index contributed by atoms with van der Waals surface area (Å²) in [6.07, 6.45) is 4.32. The fourth-order valence-electron chi connectivity index (χ4n) is 3.22. The third kappa shape index (κ3) is 3.70. The number of pyridine rings is 1. The molecule has 3 aromatic rings. The summed E-state index contributed by atoms with van der Waals surface area (Å²) in [6.45, 7) is 8.39. The minimum Gasteiger partial charge on any atom is -0.441 e. The molecule has 1 saturated heterocycles. The molecular formula is C22H21N3O3S. The second kappa shape index (κ2) is 7.15. The zero-order valence-corrected chi connectivity index (χ0v) is 17.5. The summed E-state index contributed by atoms with van der Waals surface area (Å²) in [4.78, 5) is 32.5. The van der Waals surface area contributed by atoms with Crippen molar-refractivity contribution in [1.82, 2.24) is 15.3 Å². The molecule has 0 aliphatic carbocycles. The molecule has 0 spiro atoms. The lowest BCUT2D eigenvalue weighted by atomic mass is 9.81. The molecule has 1 aliphatic heterocycles. The summed E-state index contributed by atoms with van der Waals surface area (Å²) in [6, 6.07) is 7.90. The van der Waals surface area contributed by atoms with Crippen LogP contribution in [-0.4, -0.2) is 21.1 Å². The first kappa shape index (κ1) is 19.4. The second-order valence-corrected chi connectivity index (χ2v) is 8.69. The van der Waals surface area contributed by atoms with Crippen LogP contribution >= 0.6 is 11.8 Å². The van der Waals surface area contributed by atoms with Crippen molar-refractivity contribution in [2.45, 2.75) is 39.5 Å². The van der Waals surface area contributed by atoms with Crippen LogP contribution in [0.2, 0.25) is 0 Å². The van der Waals surface area contributed by atoms with Gasteiger partial charge in [0.25, 0.3) is 11.1 Å². The number of oxazole rings is 1. The predicted octanol–water partition coefficient (Wildman–Crippen LogP) is 5.21. The number of carbonyl (C=O) groups excluding carboxylic acids is 2. The van der Waals surface area contributed by atoms with Gasteiger partial charge in [-0.15, -0.1) is 0 Å². The monoisotopic (exact) mass is 407 g/mol. The summed E-state index contributed by atoms with van der Waals surface area (Å²) in [5.41, 5.74) is 5.22. The Bertz CT molecular complexity index is 1160. The lowest BCUT2D eigenvalue weighted by molar-refractivity contribution is -0.115. The van der Waals surface area contributed by atoms with Crippen molar-refractivity contribution in [3.63, 3.8) is 0 Å². The molecule has 0 atom stereocenters. The van der Waals surface area contributed by atoms with Gasteiger partial charge in [-0.2, -0.15) is 0 Å². The molecule has 2 amide bonds. The number of nitrogens with zero attached hydrogens (tertiary/aromatic N) is 2. The first-order valence-electron chi connectivity index (χ1n) is 9.40. The number of aryl methyl sites for hydroxylation is 1. The number of rotatable bonds is 4. The van der Waals surface area contributed by atoms with Crippen molar-refractivity contribution in [2.24, 2.45) is 0 Å². The quantitative estimate of drug-likeness (QED) is 0.598. The SMILES string of the molecule is CCC(C)(C)c1cc(-c2ccc(/C=C3\SC(=O)NC3=O)cn2)cc2nc(C)oc12. The summed E-state index contributed by atoms with van der Waals surface area (Å²) in [5.74, 6) is 0.268. The van der Waals surface area contributed by atoms with E-state index in [1.807, 2.05) is 25.1 Å². The van der Waals surface area contributed by atoms with E-state index >= 15 is 0 Å². The number of amides is 2. The van der Waals surface area contributed by atoms with Gasteiger partial charge >= 0.3 is 0 Å². The van der Waals surface area contributed by atoms with E-state index in [1.165, 1.54) is 0 Å². The van der Waals surface area contributed by atoms with Crippen LogP contribution in [0.15, 0.2) is 39.8 Å². The minimum atomic E-state index is -0.373. The van der Waals surface area contributed by atoms with E-state index in [2.05, 4.69) is 42.1 Å². The third-order valence-electron chi connectivity index (χ3n) is 5.23. The van der Waals surface area contributed by atoms with Gasteiger partial charge < -0.3 is 4.42 Å². The lowest BCUT2D eigenvalue weighted by Gasteiger charge is -2.23. The van der Waals surface area contributed by atoms with Gasteiger partial charge in [0.05, 0.1) is 10.6 Å². The molecule has 4 rings (SSSR count). The Morgan fingerprint density at radius 1 is 1.24 bits per heavy atom. The Morgan fingerprint density at radius 2 is 2.03 bits per heavy atom. The van der Waals surface area contributed by atoms with Crippen LogP contribution in [0.5, 0.6) is 0 Å². The topological polar surface area (TPSA) is 85.1 Å². The van der Waals surface area contributed by atoms with Crippen LogP contribution in [0.1, 0.15) is 44.2 Å². The number of hydrogen-bond acceptors (Lipinski definition) is 6. The van der Waals surface area contributed by atoms with E-state index in [-0.39, 0.29) is 16.6 Å². The number of imide groups is 1. The van der Waals surface area contributed by atoms with Crippen molar-refractivity contribution in [3.05, 3.63) is 52.4 Å². The predicted molar refractivity (Wildman–Crippen MR) is 114 cm³/mol. The molecule has 1 N–H and O–H groups in total. The maximum Gasteiger partial charge on any atom is 0.290 e. The Hall–Kier alpha value is -2.93. The Labute approximate surface area is 172 Å². The molecule has 2 aromatic heterocycles. The zero-order valence-electron chi connectivity index (χ0n) is 16.7. The van der Waals surface area contributed by atoms with Gasteiger partial charge in [-0.3, -0.25) is 19.9 Å². The summed E-state index contributed by atoms with van der Waals surface area (Å²) in [5, 5.41) is 1.90. The summed E-state index contributed by atoms with van der Waals surface area (Å²) >= 11 is 0.895. The van der Waals surface area contributed by atoms with Crippen molar-refractivity contribution in [3.8, 4) is 11.3 Å². The normalized spacial score (nSPS) is 16.1. The van der Waals surface area contributed by atoms with Gasteiger partial charge in [-0.25, -0.2) is 4.98 Å². The smallest absolute Gasteiger partial charge is 0.290 e. The number of benzene rings is 1. The Balaban J connectivity index is 1.74. The number of aromatic nitrogens is 2. The number of carbonyl (C=O) groups is 2. The van der Waals surface area contributed by atoms with Gasteiger partial charge in [0.1, 0.15) is 5.52 Å². The maximum atomic E-state index is 11.7. The highest BCUT2D eigenvalue weighted by atomic mass is 32.2.